The predicted octanol–water partition coefficient (Wildman–Crippen LogP) is 2.88. The maximum atomic E-state index is 11.2. The molecule has 1 aliphatic rings. The lowest BCUT2D eigenvalue weighted by atomic mass is 10.0. The minimum Gasteiger partial charge on any atom is -0.478 e. The Balaban J connectivity index is 1.86. The molecule has 0 amide bonds. The number of aromatic nitrogens is 2. The van der Waals surface area contributed by atoms with Crippen molar-refractivity contribution in [2.75, 3.05) is 20.6 Å². The minimum absolute atomic E-state index is 0.250. The van der Waals surface area contributed by atoms with Crippen LogP contribution in [0.25, 0.3) is 0 Å². The van der Waals surface area contributed by atoms with E-state index in [1.54, 1.807) is 12.1 Å². The van der Waals surface area contributed by atoms with Crippen LogP contribution in [0.2, 0.25) is 0 Å². The summed E-state index contributed by atoms with van der Waals surface area (Å²) in [6, 6.07) is 7.46. The van der Waals surface area contributed by atoms with Crippen LogP contribution in [0.5, 0.6) is 0 Å². The zero-order valence-electron chi connectivity index (χ0n) is 15.6. The van der Waals surface area contributed by atoms with E-state index in [1.165, 1.54) is 0 Å². The lowest BCUT2D eigenvalue weighted by Gasteiger charge is -2.26. The SMILES string of the molecule is Cc1ncc(CN(C)C)c([C@@H]2CCCN2Cc2cccc(C(=O)O)c2)n1. The van der Waals surface area contributed by atoms with E-state index in [2.05, 4.69) is 14.8 Å². The number of rotatable bonds is 6. The standard InChI is InChI=1S/C20H26N4O2/c1-14-21-11-17(13-23(2)3)19(22-14)18-8-5-9-24(18)12-15-6-4-7-16(10-15)20(25)26/h4,6-7,10-11,18H,5,8-9,12-13H2,1-3H3,(H,25,26)/t18-/m0/s1. The van der Waals surface area contributed by atoms with E-state index < -0.39 is 5.97 Å². The van der Waals surface area contributed by atoms with Crippen molar-refractivity contribution >= 4 is 5.97 Å². The van der Waals surface area contributed by atoms with E-state index in [-0.39, 0.29) is 6.04 Å². The van der Waals surface area contributed by atoms with E-state index in [0.717, 1.165) is 55.1 Å². The molecular weight excluding hydrogens is 328 g/mol. The van der Waals surface area contributed by atoms with Crippen LogP contribution in [0, 0.1) is 6.92 Å². The average molecular weight is 354 g/mol. The van der Waals surface area contributed by atoms with Crippen molar-refractivity contribution in [2.24, 2.45) is 0 Å². The van der Waals surface area contributed by atoms with Gasteiger partial charge in [0.05, 0.1) is 17.3 Å². The van der Waals surface area contributed by atoms with Crippen LogP contribution in [0.4, 0.5) is 0 Å². The highest BCUT2D eigenvalue weighted by Crippen LogP contribution is 2.34. The van der Waals surface area contributed by atoms with E-state index in [4.69, 9.17) is 4.98 Å². The molecule has 0 saturated carbocycles. The van der Waals surface area contributed by atoms with Gasteiger partial charge in [0.25, 0.3) is 0 Å². The maximum Gasteiger partial charge on any atom is 0.335 e. The monoisotopic (exact) mass is 354 g/mol. The van der Waals surface area contributed by atoms with Gasteiger partial charge in [-0.3, -0.25) is 4.90 Å². The molecule has 1 fully saturated rings. The fourth-order valence-electron chi connectivity index (χ4n) is 3.63. The van der Waals surface area contributed by atoms with Gasteiger partial charge in [-0.15, -0.1) is 0 Å². The number of hydrogen-bond acceptors (Lipinski definition) is 5. The van der Waals surface area contributed by atoms with Crippen LogP contribution < -0.4 is 0 Å². The maximum absolute atomic E-state index is 11.2. The second kappa shape index (κ2) is 7.93. The Morgan fingerprint density at radius 3 is 2.92 bits per heavy atom. The third-order valence-electron chi connectivity index (χ3n) is 4.74. The molecule has 1 aromatic heterocycles. The van der Waals surface area contributed by atoms with Crippen LogP contribution >= 0.6 is 0 Å². The van der Waals surface area contributed by atoms with Crippen molar-refractivity contribution in [3.05, 3.63) is 58.7 Å². The van der Waals surface area contributed by atoms with Crippen molar-refractivity contribution < 1.29 is 9.90 Å². The Morgan fingerprint density at radius 2 is 2.19 bits per heavy atom. The zero-order valence-corrected chi connectivity index (χ0v) is 15.6. The molecule has 0 aliphatic carbocycles. The fraction of sp³-hybridized carbons (Fsp3) is 0.450. The van der Waals surface area contributed by atoms with Crippen molar-refractivity contribution in [1.82, 2.24) is 19.8 Å². The minimum atomic E-state index is -0.885. The van der Waals surface area contributed by atoms with Crippen molar-refractivity contribution in [2.45, 2.75) is 38.9 Å². The molecule has 0 spiro atoms. The van der Waals surface area contributed by atoms with Crippen molar-refractivity contribution in [3.63, 3.8) is 0 Å². The summed E-state index contributed by atoms with van der Waals surface area (Å²) in [5.74, 6) is -0.0910. The summed E-state index contributed by atoms with van der Waals surface area (Å²) in [6.45, 7) is 4.47. The highest BCUT2D eigenvalue weighted by Gasteiger charge is 2.29. The summed E-state index contributed by atoms with van der Waals surface area (Å²) in [7, 11) is 4.10. The molecule has 1 atom stereocenters. The highest BCUT2D eigenvalue weighted by atomic mass is 16.4. The molecule has 1 N–H and O–H groups in total. The van der Waals surface area contributed by atoms with E-state index in [0.29, 0.717) is 5.56 Å². The summed E-state index contributed by atoms with van der Waals surface area (Å²) >= 11 is 0. The van der Waals surface area contributed by atoms with Crippen molar-refractivity contribution in [1.29, 1.82) is 0 Å². The summed E-state index contributed by atoms with van der Waals surface area (Å²) in [5, 5.41) is 9.22. The van der Waals surface area contributed by atoms with Gasteiger partial charge in [-0.05, 0) is 58.1 Å². The smallest absolute Gasteiger partial charge is 0.335 e. The van der Waals surface area contributed by atoms with Crippen LogP contribution in [0.15, 0.2) is 30.5 Å². The third-order valence-corrected chi connectivity index (χ3v) is 4.74. The van der Waals surface area contributed by atoms with Gasteiger partial charge in [-0.25, -0.2) is 14.8 Å². The number of carboxylic acid groups (broad SMARTS) is 1. The molecule has 1 aromatic carbocycles. The Kier molecular flexibility index (Phi) is 5.64. The highest BCUT2D eigenvalue weighted by molar-refractivity contribution is 5.87. The molecule has 6 heteroatoms. The van der Waals surface area contributed by atoms with E-state index in [9.17, 15) is 9.90 Å². The Morgan fingerprint density at radius 1 is 1.38 bits per heavy atom. The second-order valence-electron chi connectivity index (χ2n) is 7.20. The molecule has 6 nitrogen and oxygen atoms in total. The van der Waals surface area contributed by atoms with Gasteiger partial charge in [-0.1, -0.05) is 12.1 Å². The molecule has 2 heterocycles. The number of nitrogens with zero attached hydrogens (tertiary/aromatic N) is 4. The summed E-state index contributed by atoms with van der Waals surface area (Å²) in [5.41, 5.74) is 3.64. The van der Waals surface area contributed by atoms with Crippen LogP contribution in [-0.2, 0) is 13.1 Å². The van der Waals surface area contributed by atoms with Gasteiger partial charge in [-0.2, -0.15) is 0 Å². The van der Waals surface area contributed by atoms with Gasteiger partial charge < -0.3 is 10.0 Å². The summed E-state index contributed by atoms with van der Waals surface area (Å²) < 4.78 is 0. The number of carbonyl (C=O) groups is 1. The predicted molar refractivity (Wildman–Crippen MR) is 99.9 cm³/mol. The van der Waals surface area contributed by atoms with Crippen LogP contribution in [-0.4, -0.2) is 51.5 Å². The molecule has 26 heavy (non-hydrogen) atoms. The van der Waals surface area contributed by atoms with Gasteiger partial charge in [0, 0.05) is 24.8 Å². The molecule has 138 valence electrons. The van der Waals surface area contributed by atoms with E-state index >= 15 is 0 Å². The molecule has 0 bridgehead atoms. The average Bonchev–Trinajstić information content (AvgIpc) is 3.04. The Labute approximate surface area is 154 Å². The number of aryl methyl sites for hydroxylation is 1. The first-order chi connectivity index (χ1) is 12.4. The quantitative estimate of drug-likeness (QED) is 0.860. The molecule has 1 saturated heterocycles. The molecule has 3 rings (SSSR count). The number of aromatic carboxylic acids is 1. The second-order valence-corrected chi connectivity index (χ2v) is 7.20. The van der Waals surface area contributed by atoms with Gasteiger partial charge in [0.15, 0.2) is 0 Å². The third kappa shape index (κ3) is 4.26. The fourth-order valence-corrected chi connectivity index (χ4v) is 3.63. The summed E-state index contributed by atoms with van der Waals surface area (Å²) in [6.07, 6.45) is 4.13. The molecule has 2 aromatic rings. The number of carboxylic acids is 1. The van der Waals surface area contributed by atoms with E-state index in [1.807, 2.05) is 39.3 Å². The molecule has 0 unspecified atom stereocenters. The van der Waals surface area contributed by atoms with Gasteiger partial charge in [0.2, 0.25) is 0 Å². The number of likely N-dealkylation sites (tertiary alicyclic amines) is 1. The number of hydrogen-bond donors (Lipinski definition) is 1. The molecule has 0 radical (unpaired) electrons. The summed E-state index contributed by atoms with van der Waals surface area (Å²) in [4.78, 5) is 24.9. The zero-order chi connectivity index (χ0) is 18.7. The first-order valence-electron chi connectivity index (χ1n) is 8.97. The molecule has 1 aliphatic heterocycles. The topological polar surface area (TPSA) is 69.6 Å². The Hall–Kier alpha value is -2.31. The van der Waals surface area contributed by atoms with Crippen molar-refractivity contribution in [3.8, 4) is 0 Å². The normalized spacial score (nSPS) is 17.8. The lowest BCUT2D eigenvalue weighted by Crippen LogP contribution is -2.26. The lowest BCUT2D eigenvalue weighted by molar-refractivity contribution is 0.0696. The van der Waals surface area contributed by atoms with Crippen LogP contribution in [0.1, 0.15) is 51.9 Å². The van der Waals surface area contributed by atoms with Crippen LogP contribution in [0.3, 0.4) is 0 Å². The number of benzene rings is 1. The first-order valence-corrected chi connectivity index (χ1v) is 8.97. The Bertz CT molecular complexity index is 791. The largest absolute Gasteiger partial charge is 0.478 e. The molecular formula is C20H26N4O2. The van der Waals surface area contributed by atoms with Gasteiger partial charge in [0.1, 0.15) is 5.82 Å². The first kappa shape index (κ1) is 18.5. The van der Waals surface area contributed by atoms with Gasteiger partial charge >= 0.3 is 5.97 Å².